The van der Waals surface area contributed by atoms with E-state index in [1.165, 1.54) is 0 Å². The van der Waals surface area contributed by atoms with E-state index in [4.69, 9.17) is 11.6 Å². The lowest BCUT2D eigenvalue weighted by atomic mass is 10.4. The maximum atomic E-state index is 11.4. The van der Waals surface area contributed by atoms with Crippen molar-refractivity contribution in [3.8, 4) is 0 Å². The van der Waals surface area contributed by atoms with E-state index in [9.17, 15) is 4.79 Å². The first-order valence-corrected chi connectivity index (χ1v) is 5.48. The number of carbonyl (C=O) groups is 1. The zero-order valence-electron chi connectivity index (χ0n) is 9.40. The number of halogens is 1. The van der Waals surface area contributed by atoms with E-state index in [0.29, 0.717) is 17.5 Å². The number of likely N-dealkylation sites (N-methyl/N-ethyl adjacent to an activating group) is 1. The third kappa shape index (κ3) is 4.02. The Bertz CT molecular complexity index is 341. The molecule has 0 radical (unpaired) electrons. The normalized spacial score (nSPS) is 9.94. The summed E-state index contributed by atoms with van der Waals surface area (Å²) in [6.45, 7) is 2.96. The molecular weight excluding hydrogens is 228 g/mol. The van der Waals surface area contributed by atoms with E-state index in [2.05, 4.69) is 15.5 Å². The minimum absolute atomic E-state index is 0.0268. The SMILES string of the molecule is CCCNC(=O)CN(C)c1ccc(Cl)nn1. The maximum Gasteiger partial charge on any atom is 0.239 e. The van der Waals surface area contributed by atoms with Crippen LogP contribution in [0, 0.1) is 0 Å². The van der Waals surface area contributed by atoms with Gasteiger partial charge in [0, 0.05) is 13.6 Å². The van der Waals surface area contributed by atoms with Crippen LogP contribution < -0.4 is 10.2 Å². The predicted octanol–water partition coefficient (Wildman–Crippen LogP) is 1.09. The molecule has 0 atom stereocenters. The molecule has 0 fully saturated rings. The fraction of sp³-hybridized carbons (Fsp3) is 0.500. The topological polar surface area (TPSA) is 58.1 Å². The number of hydrogen-bond donors (Lipinski definition) is 1. The average molecular weight is 243 g/mol. The van der Waals surface area contributed by atoms with Crippen molar-refractivity contribution < 1.29 is 4.79 Å². The van der Waals surface area contributed by atoms with E-state index < -0.39 is 0 Å². The smallest absolute Gasteiger partial charge is 0.239 e. The zero-order valence-corrected chi connectivity index (χ0v) is 10.2. The Balaban J connectivity index is 2.48. The summed E-state index contributed by atoms with van der Waals surface area (Å²) < 4.78 is 0. The quantitative estimate of drug-likeness (QED) is 0.840. The van der Waals surface area contributed by atoms with Gasteiger partial charge in [0.1, 0.15) is 0 Å². The first-order valence-electron chi connectivity index (χ1n) is 5.10. The largest absolute Gasteiger partial charge is 0.355 e. The molecule has 0 spiro atoms. The summed E-state index contributed by atoms with van der Waals surface area (Å²) in [6.07, 6.45) is 0.927. The molecule has 0 aliphatic carbocycles. The Hall–Kier alpha value is -1.36. The van der Waals surface area contributed by atoms with Crippen molar-refractivity contribution in [3.63, 3.8) is 0 Å². The third-order valence-corrected chi connectivity index (χ3v) is 2.16. The Labute approximate surface area is 99.8 Å². The molecule has 1 rings (SSSR count). The Morgan fingerprint density at radius 2 is 2.25 bits per heavy atom. The van der Waals surface area contributed by atoms with E-state index in [-0.39, 0.29) is 12.5 Å². The average Bonchev–Trinajstić information content (AvgIpc) is 2.27. The molecule has 16 heavy (non-hydrogen) atoms. The van der Waals surface area contributed by atoms with Crippen LogP contribution >= 0.6 is 11.6 Å². The van der Waals surface area contributed by atoms with Gasteiger partial charge in [-0.1, -0.05) is 18.5 Å². The van der Waals surface area contributed by atoms with Crippen LogP contribution in [0.5, 0.6) is 0 Å². The van der Waals surface area contributed by atoms with Gasteiger partial charge in [-0.05, 0) is 18.6 Å². The fourth-order valence-electron chi connectivity index (χ4n) is 1.13. The zero-order chi connectivity index (χ0) is 12.0. The van der Waals surface area contributed by atoms with E-state index >= 15 is 0 Å². The summed E-state index contributed by atoms with van der Waals surface area (Å²) in [7, 11) is 1.78. The number of anilines is 1. The van der Waals surface area contributed by atoms with Gasteiger partial charge >= 0.3 is 0 Å². The highest BCUT2D eigenvalue weighted by Crippen LogP contribution is 2.09. The Kier molecular flexibility index (Phi) is 4.98. The minimum atomic E-state index is -0.0268. The molecule has 5 nitrogen and oxygen atoms in total. The van der Waals surface area contributed by atoms with Gasteiger partial charge in [0.15, 0.2) is 11.0 Å². The molecule has 1 N–H and O–H groups in total. The number of carbonyl (C=O) groups excluding carboxylic acids is 1. The van der Waals surface area contributed by atoms with Crippen LogP contribution in [0.25, 0.3) is 0 Å². The van der Waals surface area contributed by atoms with Crippen molar-refractivity contribution in [1.82, 2.24) is 15.5 Å². The highest BCUT2D eigenvalue weighted by atomic mass is 35.5. The highest BCUT2D eigenvalue weighted by Gasteiger charge is 2.07. The van der Waals surface area contributed by atoms with Gasteiger partial charge in [-0.3, -0.25) is 4.79 Å². The molecule has 1 aromatic heterocycles. The predicted molar refractivity (Wildman–Crippen MR) is 63.6 cm³/mol. The molecule has 88 valence electrons. The van der Waals surface area contributed by atoms with Gasteiger partial charge in [-0.2, -0.15) is 0 Å². The van der Waals surface area contributed by atoms with Crippen molar-refractivity contribution in [3.05, 3.63) is 17.3 Å². The first-order chi connectivity index (χ1) is 7.63. The van der Waals surface area contributed by atoms with Gasteiger partial charge in [-0.15, -0.1) is 10.2 Å². The van der Waals surface area contributed by atoms with Crippen LogP contribution in [-0.2, 0) is 4.79 Å². The summed E-state index contributed by atoms with van der Waals surface area (Å²) in [4.78, 5) is 13.1. The molecule has 0 saturated heterocycles. The molecule has 0 bridgehead atoms. The monoisotopic (exact) mass is 242 g/mol. The molecule has 1 amide bonds. The summed E-state index contributed by atoms with van der Waals surface area (Å²) in [5, 5.41) is 10.7. The number of nitrogens with one attached hydrogen (secondary N) is 1. The summed E-state index contributed by atoms with van der Waals surface area (Å²) in [6, 6.07) is 3.37. The summed E-state index contributed by atoms with van der Waals surface area (Å²) in [5.74, 6) is 0.595. The molecule has 0 aromatic carbocycles. The standard InChI is InChI=1S/C10H15ClN4O/c1-3-6-12-10(16)7-15(2)9-5-4-8(11)13-14-9/h4-5H,3,6-7H2,1-2H3,(H,12,16). The van der Waals surface area contributed by atoms with Crippen LogP contribution in [0.1, 0.15) is 13.3 Å². The van der Waals surface area contributed by atoms with Gasteiger partial charge in [-0.25, -0.2) is 0 Å². The van der Waals surface area contributed by atoms with Crippen molar-refractivity contribution in [1.29, 1.82) is 0 Å². The molecule has 1 heterocycles. The lowest BCUT2D eigenvalue weighted by Gasteiger charge is -2.16. The summed E-state index contributed by atoms with van der Waals surface area (Å²) in [5.41, 5.74) is 0. The molecule has 6 heteroatoms. The van der Waals surface area contributed by atoms with Crippen molar-refractivity contribution in [2.45, 2.75) is 13.3 Å². The van der Waals surface area contributed by atoms with Crippen LogP contribution in [0.2, 0.25) is 5.15 Å². The number of amides is 1. The molecular formula is C10H15ClN4O. The number of rotatable bonds is 5. The molecule has 0 aliphatic heterocycles. The van der Waals surface area contributed by atoms with Gasteiger partial charge < -0.3 is 10.2 Å². The van der Waals surface area contributed by atoms with Gasteiger partial charge in [0.25, 0.3) is 0 Å². The van der Waals surface area contributed by atoms with E-state index in [1.807, 2.05) is 6.92 Å². The number of aromatic nitrogens is 2. The van der Waals surface area contributed by atoms with Gasteiger partial charge in [0.2, 0.25) is 5.91 Å². The van der Waals surface area contributed by atoms with Crippen LogP contribution in [0.4, 0.5) is 5.82 Å². The number of hydrogen-bond acceptors (Lipinski definition) is 4. The third-order valence-electron chi connectivity index (χ3n) is 1.96. The molecule has 0 unspecified atom stereocenters. The van der Waals surface area contributed by atoms with E-state index in [0.717, 1.165) is 6.42 Å². The minimum Gasteiger partial charge on any atom is -0.355 e. The second-order valence-electron chi connectivity index (χ2n) is 3.42. The van der Waals surface area contributed by atoms with Crippen molar-refractivity contribution in [2.24, 2.45) is 0 Å². The van der Waals surface area contributed by atoms with Crippen LogP contribution in [0.15, 0.2) is 12.1 Å². The molecule has 1 aromatic rings. The van der Waals surface area contributed by atoms with Crippen molar-refractivity contribution in [2.75, 3.05) is 25.0 Å². The fourth-order valence-corrected chi connectivity index (χ4v) is 1.23. The Morgan fingerprint density at radius 1 is 1.50 bits per heavy atom. The second-order valence-corrected chi connectivity index (χ2v) is 3.81. The van der Waals surface area contributed by atoms with E-state index in [1.54, 1.807) is 24.1 Å². The second kappa shape index (κ2) is 6.27. The summed E-state index contributed by atoms with van der Waals surface area (Å²) >= 11 is 5.62. The maximum absolute atomic E-state index is 11.4. The highest BCUT2D eigenvalue weighted by molar-refractivity contribution is 6.29. The van der Waals surface area contributed by atoms with Crippen molar-refractivity contribution >= 4 is 23.3 Å². The molecule has 0 saturated carbocycles. The Morgan fingerprint density at radius 3 is 2.81 bits per heavy atom. The lowest BCUT2D eigenvalue weighted by molar-refractivity contribution is -0.119. The first kappa shape index (κ1) is 12.7. The van der Waals surface area contributed by atoms with Gasteiger partial charge in [0.05, 0.1) is 6.54 Å². The lowest BCUT2D eigenvalue weighted by Crippen LogP contribution is -2.35. The molecule has 0 aliphatic rings. The van der Waals surface area contributed by atoms with Crippen LogP contribution in [0.3, 0.4) is 0 Å². The van der Waals surface area contributed by atoms with Crippen LogP contribution in [-0.4, -0.2) is 36.2 Å². The number of nitrogens with zero attached hydrogens (tertiary/aromatic N) is 3.